The van der Waals surface area contributed by atoms with Crippen molar-refractivity contribution in [2.45, 2.75) is 104 Å². The zero-order valence-corrected chi connectivity index (χ0v) is 20.3. The van der Waals surface area contributed by atoms with Gasteiger partial charge in [0, 0.05) is 0 Å². The van der Waals surface area contributed by atoms with Crippen molar-refractivity contribution in [1.82, 2.24) is 0 Å². The third-order valence-corrected chi connectivity index (χ3v) is 7.97. The average molecular weight is 419 g/mol. The van der Waals surface area contributed by atoms with Gasteiger partial charge in [0.2, 0.25) is 0 Å². The molecule has 0 unspecified atom stereocenters. The Labute approximate surface area is 185 Å². The predicted octanol–water partition coefficient (Wildman–Crippen LogP) is 5.95. The van der Waals surface area contributed by atoms with Gasteiger partial charge in [0.05, 0.1) is 17.8 Å². The molecule has 2 aliphatic rings. The first-order chi connectivity index (χ1) is 13.8. The zero-order chi connectivity index (χ0) is 22.7. The number of hydrogen-bond donors (Lipinski definition) is 3. The summed E-state index contributed by atoms with van der Waals surface area (Å²) in [5.74, 6) is 2.03. The number of fused-ring (bicyclic) bond motifs is 1. The minimum atomic E-state index is -1.02. The largest absolute Gasteiger partial charge is 0.392 e. The molecule has 3 nitrogen and oxygen atoms in total. The van der Waals surface area contributed by atoms with E-state index in [-0.39, 0.29) is 6.61 Å². The van der Waals surface area contributed by atoms with Crippen molar-refractivity contribution in [3.05, 3.63) is 35.5 Å². The van der Waals surface area contributed by atoms with Gasteiger partial charge in [0.15, 0.2) is 0 Å². The number of hydrogen-bond acceptors (Lipinski definition) is 3. The van der Waals surface area contributed by atoms with Crippen LogP contribution in [0.4, 0.5) is 0 Å². The van der Waals surface area contributed by atoms with E-state index in [2.05, 4.69) is 26.5 Å². The van der Waals surface area contributed by atoms with Gasteiger partial charge >= 0.3 is 0 Å². The lowest BCUT2D eigenvalue weighted by Crippen LogP contribution is -2.36. The van der Waals surface area contributed by atoms with E-state index in [1.54, 1.807) is 13.8 Å². The highest BCUT2D eigenvalue weighted by molar-refractivity contribution is 5.38. The smallest absolute Gasteiger partial charge is 0.0838 e. The molecule has 3 N–H and O–H groups in total. The molecule has 0 radical (unpaired) electrons. The van der Waals surface area contributed by atoms with Gasteiger partial charge in [-0.25, -0.2) is 0 Å². The summed E-state index contributed by atoms with van der Waals surface area (Å²) < 4.78 is 0. The maximum Gasteiger partial charge on any atom is 0.0838 e. The molecule has 0 heterocycles. The summed E-state index contributed by atoms with van der Waals surface area (Å²) in [7, 11) is 0. The van der Waals surface area contributed by atoms with Crippen LogP contribution in [-0.4, -0.2) is 33.1 Å². The van der Waals surface area contributed by atoms with Gasteiger partial charge in [0.1, 0.15) is 0 Å². The number of aliphatic hydroxyl groups is 3. The lowest BCUT2D eigenvalue weighted by Gasteiger charge is -2.44. The topological polar surface area (TPSA) is 60.7 Å². The highest BCUT2D eigenvalue weighted by atomic mass is 16.3. The monoisotopic (exact) mass is 418 g/mol. The Morgan fingerprint density at radius 1 is 1.23 bits per heavy atom. The summed E-state index contributed by atoms with van der Waals surface area (Å²) >= 11 is 0. The summed E-state index contributed by atoms with van der Waals surface area (Å²) in [6, 6.07) is 0. The van der Waals surface area contributed by atoms with Gasteiger partial charge in [-0.1, -0.05) is 51.0 Å². The molecule has 2 saturated carbocycles. The highest BCUT2D eigenvalue weighted by Gasteiger charge is 2.50. The van der Waals surface area contributed by atoms with Crippen LogP contribution >= 0.6 is 0 Å². The molecule has 172 valence electrons. The first-order valence-electron chi connectivity index (χ1n) is 11.9. The zero-order valence-electron chi connectivity index (χ0n) is 20.3. The Morgan fingerprint density at radius 2 is 1.90 bits per heavy atom. The first kappa shape index (κ1) is 25.4. The van der Waals surface area contributed by atoms with Crippen LogP contribution in [0, 0.1) is 23.2 Å². The van der Waals surface area contributed by atoms with E-state index in [4.69, 9.17) is 0 Å². The maximum absolute atomic E-state index is 10.2. The van der Waals surface area contributed by atoms with Crippen molar-refractivity contribution in [1.29, 1.82) is 0 Å². The summed E-state index contributed by atoms with van der Waals surface area (Å²) in [5.41, 5.74) is 1.57. The second-order valence-corrected chi connectivity index (χ2v) is 11.4. The predicted molar refractivity (Wildman–Crippen MR) is 126 cm³/mol. The Morgan fingerprint density at radius 3 is 2.47 bits per heavy atom. The van der Waals surface area contributed by atoms with E-state index in [1.165, 1.54) is 37.7 Å². The normalized spacial score (nSPS) is 30.4. The summed E-state index contributed by atoms with van der Waals surface area (Å²) in [6.07, 6.45) is 13.5. The van der Waals surface area contributed by atoms with Crippen molar-refractivity contribution in [3.63, 3.8) is 0 Å². The van der Waals surface area contributed by atoms with Crippen molar-refractivity contribution in [3.8, 4) is 0 Å². The minimum Gasteiger partial charge on any atom is -0.392 e. The van der Waals surface area contributed by atoms with E-state index in [0.29, 0.717) is 22.8 Å². The Bertz CT molecular complexity index is 659. The quantitative estimate of drug-likeness (QED) is 0.405. The summed E-state index contributed by atoms with van der Waals surface area (Å²) in [4.78, 5) is 0. The molecule has 0 aliphatic heterocycles. The average Bonchev–Trinajstić information content (AvgIpc) is 2.97. The minimum absolute atomic E-state index is 0.102. The van der Waals surface area contributed by atoms with Crippen LogP contribution in [-0.2, 0) is 0 Å². The van der Waals surface area contributed by atoms with E-state index in [1.807, 2.05) is 19.9 Å². The molecule has 2 fully saturated rings. The summed E-state index contributed by atoms with van der Waals surface area (Å²) in [6.45, 7) is 16.0. The first-order valence-corrected chi connectivity index (χ1v) is 11.9. The lowest BCUT2D eigenvalue weighted by atomic mass is 9.60. The van der Waals surface area contributed by atoms with Gasteiger partial charge in [-0.2, -0.15) is 0 Å². The Balaban J connectivity index is 2.14. The van der Waals surface area contributed by atoms with Gasteiger partial charge in [-0.3, -0.25) is 0 Å². The van der Waals surface area contributed by atoms with Crippen LogP contribution < -0.4 is 0 Å². The van der Waals surface area contributed by atoms with Crippen molar-refractivity contribution >= 4 is 0 Å². The molecule has 0 aromatic rings. The standard InChI is InChI=1S/C27H46O3/c1-19(10-8-16-25(3,4)29)23-14-15-24-21(11-9-17-27(23,24)7)12-13-22(18-28)20(2)26(5,6)30/h12-13,19,23-24,28-30H,2,8-11,14-18H2,1,3-7H3/b21-12+,22-13-/t19-,23-,24+,27-/m1/s1. The van der Waals surface area contributed by atoms with Crippen LogP contribution in [0.3, 0.4) is 0 Å². The Hall–Kier alpha value is -0.900. The van der Waals surface area contributed by atoms with Crippen LogP contribution in [0.5, 0.6) is 0 Å². The van der Waals surface area contributed by atoms with Gasteiger partial charge in [-0.05, 0) is 101 Å². The second-order valence-electron chi connectivity index (χ2n) is 11.4. The fraction of sp³-hybridized carbons (Fsp3) is 0.778. The molecule has 0 aromatic heterocycles. The fourth-order valence-corrected chi connectivity index (χ4v) is 6.12. The lowest BCUT2D eigenvalue weighted by molar-refractivity contribution is 0.0596. The third kappa shape index (κ3) is 6.08. The van der Waals surface area contributed by atoms with Crippen molar-refractivity contribution < 1.29 is 15.3 Å². The molecule has 30 heavy (non-hydrogen) atoms. The number of aliphatic hydroxyl groups excluding tert-OH is 1. The van der Waals surface area contributed by atoms with Gasteiger partial charge in [0.25, 0.3) is 0 Å². The molecular formula is C27H46O3. The molecule has 0 aromatic carbocycles. The third-order valence-electron chi connectivity index (χ3n) is 7.97. The van der Waals surface area contributed by atoms with Crippen LogP contribution in [0.2, 0.25) is 0 Å². The molecule has 0 bridgehead atoms. The highest BCUT2D eigenvalue weighted by Crippen LogP contribution is 2.59. The maximum atomic E-state index is 10.2. The van der Waals surface area contributed by atoms with Crippen molar-refractivity contribution in [2.24, 2.45) is 23.2 Å². The fourth-order valence-electron chi connectivity index (χ4n) is 6.12. The van der Waals surface area contributed by atoms with Crippen molar-refractivity contribution in [2.75, 3.05) is 6.61 Å². The second kappa shape index (κ2) is 9.71. The molecule has 0 saturated heterocycles. The SMILES string of the molecule is C=C(/C(=C\C=C1/CCC[C@]2(C)[C@@H]([C@H](C)CCCC(C)(C)O)CC[C@@H]12)CO)C(C)(C)O. The van der Waals surface area contributed by atoms with E-state index in [0.717, 1.165) is 30.8 Å². The molecule has 0 amide bonds. The van der Waals surface area contributed by atoms with E-state index >= 15 is 0 Å². The number of rotatable bonds is 9. The Kier molecular flexibility index (Phi) is 8.21. The molecule has 2 aliphatic carbocycles. The molecule has 0 spiro atoms. The molecular weight excluding hydrogens is 372 g/mol. The van der Waals surface area contributed by atoms with Gasteiger partial charge < -0.3 is 15.3 Å². The van der Waals surface area contributed by atoms with Crippen LogP contribution in [0.1, 0.15) is 92.9 Å². The van der Waals surface area contributed by atoms with Crippen LogP contribution in [0.15, 0.2) is 35.5 Å². The molecule has 3 heteroatoms. The van der Waals surface area contributed by atoms with Crippen LogP contribution in [0.25, 0.3) is 0 Å². The van der Waals surface area contributed by atoms with E-state index in [9.17, 15) is 15.3 Å². The molecule has 4 atom stereocenters. The van der Waals surface area contributed by atoms with E-state index < -0.39 is 11.2 Å². The van der Waals surface area contributed by atoms with Gasteiger partial charge in [-0.15, -0.1) is 0 Å². The number of allylic oxidation sites excluding steroid dienone is 3. The summed E-state index contributed by atoms with van der Waals surface area (Å²) in [5, 5.41) is 30.1. The molecule has 2 rings (SSSR count).